The zero-order valence-corrected chi connectivity index (χ0v) is 24.7. The molecule has 0 atom stereocenters. The van der Waals surface area contributed by atoms with Gasteiger partial charge in [-0.05, 0) is 18.2 Å². The number of ether oxygens (including phenoxy) is 4. The highest BCUT2D eigenvalue weighted by Crippen LogP contribution is 2.36. The maximum atomic E-state index is 12.8. The number of aliphatic carboxylic acids is 1. The van der Waals surface area contributed by atoms with Crippen molar-refractivity contribution in [3.63, 3.8) is 0 Å². The number of methoxy groups -OCH3 is 2. The molecule has 14 heteroatoms. The Balaban J connectivity index is 0.00000484. The highest BCUT2D eigenvalue weighted by atomic mass is 35.5. The molecule has 0 aliphatic rings. The van der Waals surface area contributed by atoms with E-state index in [0.717, 1.165) is 0 Å². The molecule has 2 amide bonds. The van der Waals surface area contributed by atoms with Gasteiger partial charge in [0.05, 0.1) is 30.3 Å². The maximum absolute atomic E-state index is 12.8. The Bertz CT molecular complexity index is 1550. The topological polar surface area (TPSA) is 159 Å². The van der Waals surface area contributed by atoms with Gasteiger partial charge < -0.3 is 29.4 Å². The van der Waals surface area contributed by atoms with Crippen molar-refractivity contribution in [2.75, 3.05) is 38.1 Å². The molecule has 0 radical (unpaired) electrons. The van der Waals surface area contributed by atoms with Gasteiger partial charge in [0.1, 0.15) is 31.0 Å². The second-order valence-corrected chi connectivity index (χ2v) is 9.97. The fraction of sp³-hybridized carbons (Fsp3) is 0.321. The lowest BCUT2D eigenvalue weighted by Crippen LogP contribution is -2.22. The number of halogens is 1. The molecule has 13 nitrogen and oxygen atoms in total. The number of carboxylic acid groups (broad SMARTS) is 1. The third-order valence-electron chi connectivity index (χ3n) is 5.81. The molecule has 2 aromatic carbocycles. The van der Waals surface area contributed by atoms with E-state index in [1.54, 1.807) is 49.6 Å². The van der Waals surface area contributed by atoms with Gasteiger partial charge in [-0.25, -0.2) is 19.4 Å². The standard InChI is InChI=1S/C28H32N6O7.ClH/c1-28(2,3)23-14-24(34(33-23)15-25(35)36)32-27(37)31-17-7-6-8-18(11-17)41-26-19-12-21(39-5)22(40-10-9-38-4)13-20(19)29-16-30-26;/h6-8,11-14,16H,9-10,15H2,1-5H3,(H,35,36)(H2,31,32,37);1H. The summed E-state index contributed by atoms with van der Waals surface area (Å²) in [5, 5.41) is 19.6. The number of carbonyl (C=O) groups is 2. The third-order valence-corrected chi connectivity index (χ3v) is 5.81. The van der Waals surface area contributed by atoms with Gasteiger partial charge in [0.2, 0.25) is 5.88 Å². The number of hydrogen-bond donors (Lipinski definition) is 3. The summed E-state index contributed by atoms with van der Waals surface area (Å²) in [5.41, 5.74) is 1.33. The summed E-state index contributed by atoms with van der Waals surface area (Å²) in [7, 11) is 3.13. The van der Waals surface area contributed by atoms with Gasteiger partial charge in [-0.15, -0.1) is 12.4 Å². The minimum Gasteiger partial charge on any atom is -0.493 e. The van der Waals surface area contributed by atoms with Crippen LogP contribution in [-0.4, -0.2) is 64.3 Å². The van der Waals surface area contributed by atoms with Gasteiger partial charge in [0, 0.05) is 36.4 Å². The molecule has 0 fully saturated rings. The lowest BCUT2D eigenvalue weighted by molar-refractivity contribution is -0.137. The molecule has 0 unspecified atom stereocenters. The molecular formula is C28H33ClN6O7. The Hall–Kier alpha value is -4.62. The summed E-state index contributed by atoms with van der Waals surface area (Å²) in [6.45, 7) is 6.21. The highest BCUT2D eigenvalue weighted by molar-refractivity contribution is 5.99. The Labute approximate surface area is 248 Å². The zero-order valence-electron chi connectivity index (χ0n) is 23.8. The third kappa shape index (κ3) is 7.98. The van der Waals surface area contributed by atoms with Crippen molar-refractivity contribution in [3.8, 4) is 23.1 Å². The number of aromatic nitrogens is 4. The summed E-state index contributed by atoms with van der Waals surface area (Å²) in [6, 6.07) is 11.3. The minimum absolute atomic E-state index is 0. The van der Waals surface area contributed by atoms with Gasteiger partial charge in [0.25, 0.3) is 0 Å². The largest absolute Gasteiger partial charge is 0.493 e. The maximum Gasteiger partial charge on any atom is 0.325 e. The monoisotopic (exact) mass is 600 g/mol. The van der Waals surface area contributed by atoms with E-state index in [4.69, 9.17) is 18.9 Å². The van der Waals surface area contributed by atoms with Gasteiger partial charge in [-0.3, -0.25) is 10.1 Å². The quantitative estimate of drug-likeness (QED) is 0.198. The van der Waals surface area contributed by atoms with Crippen LogP contribution in [-0.2, 0) is 21.5 Å². The van der Waals surface area contributed by atoms with Crippen LogP contribution < -0.4 is 24.8 Å². The number of amides is 2. The number of carboxylic acids is 1. The van der Waals surface area contributed by atoms with Crippen LogP contribution in [0.5, 0.6) is 23.1 Å². The number of benzene rings is 2. The number of fused-ring (bicyclic) bond motifs is 1. The molecular weight excluding hydrogens is 568 g/mol. The molecule has 0 aliphatic heterocycles. The van der Waals surface area contributed by atoms with E-state index < -0.39 is 18.5 Å². The van der Waals surface area contributed by atoms with Gasteiger partial charge in [-0.1, -0.05) is 26.8 Å². The average Bonchev–Trinajstić information content (AvgIpc) is 3.30. The van der Waals surface area contributed by atoms with Crippen molar-refractivity contribution < 1.29 is 33.6 Å². The Morgan fingerprint density at radius 3 is 2.48 bits per heavy atom. The molecule has 3 N–H and O–H groups in total. The van der Waals surface area contributed by atoms with E-state index in [0.29, 0.717) is 52.7 Å². The SMILES string of the molecule is COCCOc1cc2ncnc(Oc3cccc(NC(=O)Nc4cc(C(C)(C)C)nn4CC(=O)O)c3)c2cc1OC.Cl. The predicted octanol–water partition coefficient (Wildman–Crippen LogP) is 5.10. The van der Waals surface area contributed by atoms with E-state index in [1.165, 1.54) is 18.1 Å². The van der Waals surface area contributed by atoms with Crippen LogP contribution in [0.4, 0.5) is 16.3 Å². The Morgan fingerprint density at radius 1 is 1.00 bits per heavy atom. The van der Waals surface area contributed by atoms with Crippen LogP contribution in [0, 0.1) is 0 Å². The fourth-order valence-corrected chi connectivity index (χ4v) is 3.79. The first kappa shape index (κ1) is 31.9. The molecule has 0 spiro atoms. The summed E-state index contributed by atoms with van der Waals surface area (Å²) in [4.78, 5) is 32.7. The van der Waals surface area contributed by atoms with Gasteiger partial charge in [-0.2, -0.15) is 5.10 Å². The number of urea groups is 1. The number of anilines is 2. The molecule has 0 bridgehead atoms. The second-order valence-electron chi connectivity index (χ2n) is 9.97. The smallest absolute Gasteiger partial charge is 0.325 e. The first-order valence-electron chi connectivity index (χ1n) is 12.7. The molecule has 2 aromatic heterocycles. The minimum atomic E-state index is -1.08. The van der Waals surface area contributed by atoms with E-state index in [-0.39, 0.29) is 29.5 Å². The average molecular weight is 601 g/mol. The molecule has 0 saturated carbocycles. The van der Waals surface area contributed by atoms with E-state index >= 15 is 0 Å². The van der Waals surface area contributed by atoms with Crippen LogP contribution >= 0.6 is 12.4 Å². The fourth-order valence-electron chi connectivity index (χ4n) is 3.79. The van der Waals surface area contributed by atoms with E-state index in [9.17, 15) is 14.7 Å². The van der Waals surface area contributed by atoms with Crippen molar-refractivity contribution in [2.45, 2.75) is 32.7 Å². The number of hydrogen-bond acceptors (Lipinski definition) is 9. The van der Waals surface area contributed by atoms with Crippen LogP contribution in [0.3, 0.4) is 0 Å². The van der Waals surface area contributed by atoms with E-state index in [2.05, 4.69) is 25.7 Å². The number of rotatable bonds is 11. The van der Waals surface area contributed by atoms with E-state index in [1.807, 2.05) is 20.8 Å². The van der Waals surface area contributed by atoms with Crippen molar-refractivity contribution >= 4 is 46.8 Å². The molecule has 4 aromatic rings. The molecule has 4 rings (SSSR count). The van der Waals surface area contributed by atoms with Gasteiger partial charge >= 0.3 is 12.0 Å². The number of carbonyl (C=O) groups excluding carboxylic acids is 1. The Morgan fingerprint density at radius 2 is 1.79 bits per heavy atom. The predicted molar refractivity (Wildman–Crippen MR) is 158 cm³/mol. The van der Waals surface area contributed by atoms with Crippen LogP contribution in [0.2, 0.25) is 0 Å². The number of nitrogens with zero attached hydrogens (tertiary/aromatic N) is 4. The molecule has 0 saturated heterocycles. The van der Waals surface area contributed by atoms with Gasteiger partial charge in [0.15, 0.2) is 11.5 Å². The zero-order chi connectivity index (χ0) is 29.6. The van der Waals surface area contributed by atoms with Crippen LogP contribution in [0.1, 0.15) is 26.5 Å². The lowest BCUT2D eigenvalue weighted by Gasteiger charge is -2.14. The van der Waals surface area contributed by atoms with Crippen molar-refractivity contribution in [3.05, 3.63) is 54.5 Å². The van der Waals surface area contributed by atoms with Crippen LogP contribution in [0.15, 0.2) is 48.8 Å². The van der Waals surface area contributed by atoms with Crippen molar-refractivity contribution in [1.82, 2.24) is 19.7 Å². The molecule has 0 aliphatic carbocycles. The van der Waals surface area contributed by atoms with Crippen LogP contribution in [0.25, 0.3) is 10.9 Å². The lowest BCUT2D eigenvalue weighted by atomic mass is 9.92. The van der Waals surface area contributed by atoms with Crippen molar-refractivity contribution in [2.24, 2.45) is 0 Å². The molecule has 224 valence electrons. The molecule has 2 heterocycles. The number of nitrogens with one attached hydrogen (secondary N) is 2. The summed E-state index contributed by atoms with van der Waals surface area (Å²) in [6.07, 6.45) is 1.38. The summed E-state index contributed by atoms with van der Waals surface area (Å²) >= 11 is 0. The molecule has 42 heavy (non-hydrogen) atoms. The summed E-state index contributed by atoms with van der Waals surface area (Å²) in [5.74, 6) is 0.870. The first-order valence-corrected chi connectivity index (χ1v) is 12.7. The van der Waals surface area contributed by atoms with Crippen molar-refractivity contribution in [1.29, 1.82) is 0 Å². The second kappa shape index (κ2) is 13.8. The normalized spacial score (nSPS) is 11.0. The summed E-state index contributed by atoms with van der Waals surface area (Å²) < 4.78 is 23.6. The first-order chi connectivity index (χ1) is 19.6. The Kier molecular flexibility index (Phi) is 10.5. The highest BCUT2D eigenvalue weighted by Gasteiger charge is 2.22.